The van der Waals surface area contributed by atoms with Crippen molar-refractivity contribution in [2.45, 2.75) is 71.8 Å². The Morgan fingerprint density at radius 3 is 2.74 bits per heavy atom. The van der Waals surface area contributed by atoms with Crippen molar-refractivity contribution < 1.29 is 23.8 Å². The predicted octanol–water partition coefficient (Wildman–Crippen LogP) is 5.09. The molecule has 7 nitrogen and oxygen atoms in total. The van der Waals surface area contributed by atoms with Crippen molar-refractivity contribution >= 4 is 18.0 Å². The fourth-order valence-corrected chi connectivity index (χ4v) is 4.10. The van der Waals surface area contributed by atoms with Crippen LogP contribution in [0.25, 0.3) is 6.08 Å². The zero-order chi connectivity index (χ0) is 22.2. The summed E-state index contributed by atoms with van der Waals surface area (Å²) in [6.07, 6.45) is 11.4. The third-order valence-electron chi connectivity index (χ3n) is 5.76. The molecule has 1 saturated carbocycles. The van der Waals surface area contributed by atoms with Crippen LogP contribution in [-0.4, -0.2) is 33.2 Å². The maximum absolute atomic E-state index is 11.9. The second-order valence-corrected chi connectivity index (χ2v) is 8.10. The number of aryl methyl sites for hydroxylation is 1. The number of furan rings is 1. The number of nitrogens with zero attached hydrogens (tertiary/aromatic N) is 2. The van der Waals surface area contributed by atoms with Crippen LogP contribution in [0.15, 0.2) is 28.3 Å². The van der Waals surface area contributed by atoms with Gasteiger partial charge in [0.2, 0.25) is 5.76 Å². The molecule has 1 aliphatic rings. The highest BCUT2D eigenvalue weighted by Gasteiger charge is 2.21. The van der Waals surface area contributed by atoms with E-state index in [1.807, 2.05) is 4.57 Å². The number of esters is 1. The molecule has 1 N–H and O–H groups in total. The minimum atomic E-state index is -0.877. The minimum Gasteiger partial charge on any atom is -0.478 e. The van der Waals surface area contributed by atoms with Gasteiger partial charge in [0.05, 0.1) is 25.0 Å². The van der Waals surface area contributed by atoms with Crippen molar-refractivity contribution in [3.8, 4) is 0 Å². The van der Waals surface area contributed by atoms with Gasteiger partial charge in [0.15, 0.2) is 0 Å². The molecule has 3 rings (SSSR count). The van der Waals surface area contributed by atoms with Crippen LogP contribution in [0.5, 0.6) is 0 Å². The Kier molecular flexibility index (Phi) is 8.09. The number of imidazole rings is 1. The first-order valence-electron chi connectivity index (χ1n) is 11.3. The van der Waals surface area contributed by atoms with Gasteiger partial charge in [-0.1, -0.05) is 39.0 Å². The Bertz CT molecular complexity index is 918. The fourth-order valence-electron chi connectivity index (χ4n) is 4.10. The second kappa shape index (κ2) is 11.0. The third-order valence-corrected chi connectivity index (χ3v) is 5.76. The first-order valence-corrected chi connectivity index (χ1v) is 11.3. The highest BCUT2D eigenvalue weighted by atomic mass is 16.5. The average Bonchev–Trinajstić information content (AvgIpc) is 3.49. The van der Waals surface area contributed by atoms with E-state index in [1.165, 1.54) is 12.8 Å². The van der Waals surface area contributed by atoms with Gasteiger partial charge in [-0.2, -0.15) is 0 Å². The molecule has 2 aromatic rings. The molecular weight excluding hydrogens is 396 g/mol. The Balaban J connectivity index is 1.87. The Hall–Kier alpha value is -2.83. The van der Waals surface area contributed by atoms with E-state index >= 15 is 0 Å². The quantitative estimate of drug-likeness (QED) is 0.396. The Morgan fingerprint density at radius 2 is 2.06 bits per heavy atom. The summed E-state index contributed by atoms with van der Waals surface area (Å²) in [5.74, 6) is 0.716. The lowest BCUT2D eigenvalue weighted by atomic mass is 9.97. The van der Waals surface area contributed by atoms with E-state index in [2.05, 4.69) is 11.9 Å². The van der Waals surface area contributed by atoms with E-state index in [1.54, 1.807) is 31.3 Å². The molecule has 0 bridgehead atoms. The van der Waals surface area contributed by atoms with E-state index in [0.717, 1.165) is 43.6 Å². The zero-order valence-electron chi connectivity index (χ0n) is 18.4. The summed E-state index contributed by atoms with van der Waals surface area (Å²) < 4.78 is 12.7. The summed E-state index contributed by atoms with van der Waals surface area (Å²) in [4.78, 5) is 28.4. The lowest BCUT2D eigenvalue weighted by Gasteiger charge is -2.12. The van der Waals surface area contributed by atoms with Gasteiger partial charge in [-0.3, -0.25) is 0 Å². The van der Waals surface area contributed by atoms with E-state index in [0.29, 0.717) is 30.2 Å². The van der Waals surface area contributed by atoms with Crippen LogP contribution in [-0.2, 0) is 22.5 Å². The van der Waals surface area contributed by atoms with Gasteiger partial charge in [-0.25, -0.2) is 14.6 Å². The minimum absolute atomic E-state index is 0.164. The molecule has 0 aromatic carbocycles. The molecule has 2 aromatic heterocycles. The number of carbonyl (C=O) groups excluding carboxylic acids is 1. The van der Waals surface area contributed by atoms with Crippen molar-refractivity contribution in [2.24, 2.45) is 5.92 Å². The van der Waals surface area contributed by atoms with Crippen molar-refractivity contribution in [2.75, 3.05) is 6.61 Å². The number of aromatic nitrogens is 2. The fraction of sp³-hybridized carbons (Fsp3) is 0.542. The summed E-state index contributed by atoms with van der Waals surface area (Å²) in [6.45, 7) is 4.53. The maximum Gasteiger partial charge on any atom is 0.374 e. The van der Waals surface area contributed by atoms with Gasteiger partial charge in [0.1, 0.15) is 11.6 Å². The van der Waals surface area contributed by atoms with E-state index < -0.39 is 11.9 Å². The highest BCUT2D eigenvalue weighted by Crippen LogP contribution is 2.31. The van der Waals surface area contributed by atoms with Crippen LogP contribution in [0.2, 0.25) is 0 Å². The van der Waals surface area contributed by atoms with Crippen LogP contribution in [0.1, 0.15) is 86.6 Å². The number of carbonyl (C=O) groups is 2. The van der Waals surface area contributed by atoms with Crippen molar-refractivity contribution in [3.63, 3.8) is 0 Å². The summed E-state index contributed by atoms with van der Waals surface area (Å²) >= 11 is 0. The normalized spacial score (nSPS) is 14.8. The topological polar surface area (TPSA) is 94.6 Å². The SMILES string of the molecule is CCCCc1ncc(C=C(CC2CCCC2)C(=O)O)n1Cc1ccc(C(=O)OCC)o1. The third kappa shape index (κ3) is 6.09. The first kappa shape index (κ1) is 22.8. The molecule has 0 spiro atoms. The standard InChI is InChI=1S/C24H32N2O5/c1-3-5-10-22-25-15-19(14-18(23(27)28)13-17-8-6-7-9-17)26(22)16-20-11-12-21(31-20)24(29)30-4-2/h11-12,14-15,17H,3-10,13,16H2,1-2H3,(H,27,28). The van der Waals surface area contributed by atoms with E-state index in [9.17, 15) is 14.7 Å². The molecule has 31 heavy (non-hydrogen) atoms. The lowest BCUT2D eigenvalue weighted by Crippen LogP contribution is -2.09. The number of carboxylic acid groups (broad SMARTS) is 1. The largest absolute Gasteiger partial charge is 0.478 e. The number of unbranched alkanes of at least 4 members (excludes halogenated alkanes) is 1. The summed E-state index contributed by atoms with van der Waals surface area (Å²) in [5, 5.41) is 9.77. The summed E-state index contributed by atoms with van der Waals surface area (Å²) in [5.41, 5.74) is 1.16. The molecule has 2 heterocycles. The van der Waals surface area contributed by atoms with Gasteiger partial charge >= 0.3 is 11.9 Å². The number of hydrogen-bond donors (Lipinski definition) is 1. The molecule has 0 unspecified atom stereocenters. The number of ether oxygens (including phenoxy) is 1. The molecular formula is C24H32N2O5. The van der Waals surface area contributed by atoms with Gasteiger partial charge < -0.3 is 18.8 Å². The lowest BCUT2D eigenvalue weighted by molar-refractivity contribution is -0.132. The van der Waals surface area contributed by atoms with E-state index in [-0.39, 0.29) is 12.4 Å². The van der Waals surface area contributed by atoms with Crippen LogP contribution in [0.3, 0.4) is 0 Å². The van der Waals surface area contributed by atoms with Crippen LogP contribution < -0.4 is 0 Å². The molecule has 0 radical (unpaired) electrons. The van der Waals surface area contributed by atoms with E-state index in [4.69, 9.17) is 9.15 Å². The number of rotatable bonds is 11. The van der Waals surface area contributed by atoms with Crippen LogP contribution in [0.4, 0.5) is 0 Å². The van der Waals surface area contributed by atoms with Gasteiger partial charge in [0.25, 0.3) is 0 Å². The van der Waals surface area contributed by atoms with Crippen molar-refractivity contribution in [3.05, 3.63) is 46.9 Å². The zero-order valence-corrected chi connectivity index (χ0v) is 18.4. The molecule has 1 aliphatic carbocycles. The monoisotopic (exact) mass is 428 g/mol. The molecule has 0 aliphatic heterocycles. The smallest absolute Gasteiger partial charge is 0.374 e. The van der Waals surface area contributed by atoms with Gasteiger partial charge in [-0.15, -0.1) is 0 Å². The molecule has 7 heteroatoms. The van der Waals surface area contributed by atoms with Crippen molar-refractivity contribution in [1.82, 2.24) is 9.55 Å². The van der Waals surface area contributed by atoms with Crippen molar-refractivity contribution in [1.29, 1.82) is 0 Å². The second-order valence-electron chi connectivity index (χ2n) is 8.10. The number of hydrogen-bond acceptors (Lipinski definition) is 5. The highest BCUT2D eigenvalue weighted by molar-refractivity contribution is 5.91. The number of aliphatic carboxylic acids is 1. The summed E-state index contributed by atoms with van der Waals surface area (Å²) in [6, 6.07) is 3.36. The molecule has 0 amide bonds. The van der Waals surface area contributed by atoms with Crippen LogP contribution >= 0.6 is 0 Å². The van der Waals surface area contributed by atoms with Gasteiger partial charge in [-0.05, 0) is 43.9 Å². The average molecular weight is 429 g/mol. The maximum atomic E-state index is 11.9. The first-order chi connectivity index (χ1) is 15.0. The molecule has 1 fully saturated rings. The Labute approximate surface area is 183 Å². The molecule has 0 atom stereocenters. The molecule has 168 valence electrons. The Morgan fingerprint density at radius 1 is 1.29 bits per heavy atom. The van der Waals surface area contributed by atoms with Gasteiger partial charge in [0, 0.05) is 12.0 Å². The summed E-state index contributed by atoms with van der Waals surface area (Å²) in [7, 11) is 0. The number of carboxylic acids is 1. The molecule has 0 saturated heterocycles. The predicted molar refractivity (Wildman–Crippen MR) is 117 cm³/mol. The van der Waals surface area contributed by atoms with Crippen LogP contribution in [0, 0.1) is 5.92 Å².